The van der Waals surface area contributed by atoms with Gasteiger partial charge in [0, 0.05) is 30.7 Å². The van der Waals surface area contributed by atoms with E-state index in [2.05, 4.69) is 5.32 Å². The predicted molar refractivity (Wildman–Crippen MR) is 74.6 cm³/mol. The average Bonchev–Trinajstić information content (AvgIpc) is 2.36. The molecule has 0 aliphatic carbocycles. The molecule has 0 aliphatic heterocycles. The van der Waals surface area contributed by atoms with Gasteiger partial charge in [-0.05, 0) is 24.6 Å². The number of carboxylic acids is 1. The number of carboxylic acid groups (broad SMARTS) is 1. The van der Waals surface area contributed by atoms with Crippen molar-refractivity contribution >= 4 is 29.2 Å². The van der Waals surface area contributed by atoms with E-state index in [4.69, 9.17) is 16.7 Å². The van der Waals surface area contributed by atoms with Crippen molar-refractivity contribution in [3.05, 3.63) is 29.3 Å². The minimum absolute atomic E-state index is 0.0543. The molecule has 0 radical (unpaired) electrons. The van der Waals surface area contributed by atoms with Crippen LogP contribution in [0.2, 0.25) is 5.02 Å². The fraction of sp³-hybridized carbons (Fsp3) is 0.385. The van der Waals surface area contributed by atoms with Crippen LogP contribution >= 0.6 is 11.6 Å². The molecule has 2 N–H and O–H groups in total. The number of carbonyl (C=O) groups excluding carboxylic acids is 1. The lowest BCUT2D eigenvalue weighted by Crippen LogP contribution is -2.31. The summed E-state index contributed by atoms with van der Waals surface area (Å²) in [5.41, 5.74) is 0.742. The quantitative estimate of drug-likeness (QED) is 0.800. The first-order valence-electron chi connectivity index (χ1n) is 5.96. The van der Waals surface area contributed by atoms with E-state index >= 15 is 0 Å². The second-order valence-electron chi connectivity index (χ2n) is 4.07. The average molecular weight is 285 g/mol. The topological polar surface area (TPSA) is 69.6 Å². The number of nitrogens with one attached hydrogen (secondary N) is 1. The number of rotatable bonds is 7. The summed E-state index contributed by atoms with van der Waals surface area (Å²) < 4.78 is 0. The van der Waals surface area contributed by atoms with Crippen molar-refractivity contribution in [1.82, 2.24) is 5.32 Å². The minimum Gasteiger partial charge on any atom is -0.480 e. The third-order valence-corrected chi connectivity index (χ3v) is 2.85. The van der Waals surface area contributed by atoms with E-state index in [1.165, 1.54) is 0 Å². The van der Waals surface area contributed by atoms with Crippen molar-refractivity contribution in [3.8, 4) is 0 Å². The lowest BCUT2D eigenvalue weighted by Gasteiger charge is -2.22. The molecule has 104 valence electrons. The van der Waals surface area contributed by atoms with Crippen molar-refractivity contribution in [1.29, 1.82) is 0 Å². The molecule has 1 rings (SSSR count). The van der Waals surface area contributed by atoms with Crippen LogP contribution in [0.25, 0.3) is 0 Å². The highest BCUT2D eigenvalue weighted by Gasteiger charge is 2.11. The van der Waals surface area contributed by atoms with E-state index in [1.54, 1.807) is 36.2 Å². The number of halogens is 1. The fourth-order valence-corrected chi connectivity index (χ4v) is 1.88. The molecule has 0 bridgehead atoms. The number of aliphatic carboxylic acids is 1. The van der Waals surface area contributed by atoms with Gasteiger partial charge < -0.3 is 15.3 Å². The molecule has 0 aliphatic rings. The van der Waals surface area contributed by atoms with Gasteiger partial charge in [0.2, 0.25) is 5.91 Å². The Bertz CT molecular complexity index is 451. The maximum atomic E-state index is 11.1. The molecule has 0 saturated heterocycles. The van der Waals surface area contributed by atoms with Crippen molar-refractivity contribution in [2.45, 2.75) is 12.8 Å². The van der Waals surface area contributed by atoms with E-state index in [9.17, 15) is 9.59 Å². The number of nitrogens with zero attached hydrogens (tertiary/aromatic N) is 1. The zero-order valence-corrected chi connectivity index (χ0v) is 11.5. The van der Waals surface area contributed by atoms with Gasteiger partial charge in [0.05, 0.1) is 0 Å². The van der Waals surface area contributed by atoms with Crippen molar-refractivity contribution in [3.63, 3.8) is 0 Å². The standard InChI is InChI=1S/C13H17ClN2O3/c1-15-12(17)6-3-7-16(9-13(18)19)11-5-2-4-10(14)8-11/h2,4-5,8H,3,6-7,9H2,1H3,(H,15,17)(H,18,19). The lowest BCUT2D eigenvalue weighted by atomic mass is 10.2. The Morgan fingerprint density at radius 2 is 2.16 bits per heavy atom. The molecule has 6 heteroatoms. The first-order chi connectivity index (χ1) is 9.02. The molecule has 0 heterocycles. The molecular formula is C13H17ClN2O3. The lowest BCUT2D eigenvalue weighted by molar-refractivity contribution is -0.135. The van der Waals surface area contributed by atoms with Crippen LogP contribution in [-0.4, -0.2) is 37.1 Å². The van der Waals surface area contributed by atoms with E-state index in [0.29, 0.717) is 24.4 Å². The number of hydrogen-bond acceptors (Lipinski definition) is 3. The second-order valence-corrected chi connectivity index (χ2v) is 4.51. The summed E-state index contributed by atoms with van der Waals surface area (Å²) in [5.74, 6) is -0.971. The highest BCUT2D eigenvalue weighted by molar-refractivity contribution is 6.30. The minimum atomic E-state index is -0.917. The molecule has 0 fully saturated rings. The van der Waals surface area contributed by atoms with Crippen LogP contribution in [0.15, 0.2) is 24.3 Å². The van der Waals surface area contributed by atoms with Gasteiger partial charge in [-0.15, -0.1) is 0 Å². The van der Waals surface area contributed by atoms with Crippen LogP contribution in [0.3, 0.4) is 0 Å². The zero-order valence-electron chi connectivity index (χ0n) is 10.7. The van der Waals surface area contributed by atoms with Crippen LogP contribution in [0.1, 0.15) is 12.8 Å². The molecule has 0 saturated carbocycles. The number of anilines is 1. The Hall–Kier alpha value is -1.75. The molecule has 19 heavy (non-hydrogen) atoms. The van der Waals surface area contributed by atoms with E-state index in [-0.39, 0.29) is 12.5 Å². The zero-order chi connectivity index (χ0) is 14.3. The van der Waals surface area contributed by atoms with E-state index < -0.39 is 5.97 Å². The third-order valence-electron chi connectivity index (χ3n) is 2.61. The summed E-state index contributed by atoms with van der Waals surface area (Å²) >= 11 is 5.89. The molecule has 1 amide bonds. The Morgan fingerprint density at radius 3 is 2.74 bits per heavy atom. The SMILES string of the molecule is CNC(=O)CCCN(CC(=O)O)c1cccc(Cl)c1. The third kappa shape index (κ3) is 5.61. The van der Waals surface area contributed by atoms with Gasteiger partial charge >= 0.3 is 5.97 Å². The summed E-state index contributed by atoms with van der Waals surface area (Å²) in [6, 6.07) is 7.01. The molecule has 1 aromatic carbocycles. The smallest absolute Gasteiger partial charge is 0.323 e. The number of benzene rings is 1. The van der Waals surface area contributed by atoms with E-state index in [0.717, 1.165) is 5.69 Å². The van der Waals surface area contributed by atoms with Gasteiger partial charge in [-0.25, -0.2) is 0 Å². The maximum absolute atomic E-state index is 11.1. The molecule has 0 unspecified atom stereocenters. The Morgan fingerprint density at radius 1 is 1.42 bits per heavy atom. The molecule has 0 spiro atoms. The summed E-state index contributed by atoms with van der Waals surface area (Å²) in [6.45, 7) is 0.369. The highest BCUT2D eigenvalue weighted by atomic mass is 35.5. The summed E-state index contributed by atoms with van der Waals surface area (Å²) in [7, 11) is 1.58. The van der Waals surface area contributed by atoms with Gasteiger partial charge in [-0.2, -0.15) is 0 Å². The molecule has 0 aromatic heterocycles. The normalized spacial score (nSPS) is 10.0. The number of amides is 1. The van der Waals surface area contributed by atoms with Crippen LogP contribution < -0.4 is 10.2 Å². The Balaban J connectivity index is 2.66. The fourth-order valence-electron chi connectivity index (χ4n) is 1.69. The highest BCUT2D eigenvalue weighted by Crippen LogP contribution is 2.19. The first-order valence-corrected chi connectivity index (χ1v) is 6.33. The number of carbonyl (C=O) groups is 2. The Kier molecular flexibility index (Phi) is 6.15. The maximum Gasteiger partial charge on any atom is 0.323 e. The van der Waals surface area contributed by atoms with Crippen LogP contribution in [0, 0.1) is 0 Å². The van der Waals surface area contributed by atoms with Crippen molar-refractivity contribution in [2.24, 2.45) is 0 Å². The van der Waals surface area contributed by atoms with Gasteiger partial charge in [-0.1, -0.05) is 17.7 Å². The van der Waals surface area contributed by atoms with Gasteiger partial charge in [0.25, 0.3) is 0 Å². The van der Waals surface area contributed by atoms with Crippen LogP contribution in [0.5, 0.6) is 0 Å². The van der Waals surface area contributed by atoms with Crippen LogP contribution in [-0.2, 0) is 9.59 Å². The van der Waals surface area contributed by atoms with Crippen molar-refractivity contribution < 1.29 is 14.7 Å². The van der Waals surface area contributed by atoms with E-state index in [1.807, 2.05) is 0 Å². The molecule has 0 atom stereocenters. The van der Waals surface area contributed by atoms with Gasteiger partial charge in [0.1, 0.15) is 6.54 Å². The molecular weight excluding hydrogens is 268 g/mol. The second kappa shape index (κ2) is 7.63. The monoisotopic (exact) mass is 284 g/mol. The van der Waals surface area contributed by atoms with Crippen molar-refractivity contribution in [2.75, 3.05) is 25.0 Å². The first kappa shape index (κ1) is 15.3. The summed E-state index contributed by atoms with van der Waals surface area (Å²) in [4.78, 5) is 23.7. The van der Waals surface area contributed by atoms with Gasteiger partial charge in [-0.3, -0.25) is 9.59 Å². The van der Waals surface area contributed by atoms with Crippen LogP contribution in [0.4, 0.5) is 5.69 Å². The molecule has 5 nitrogen and oxygen atoms in total. The summed E-state index contributed by atoms with van der Waals surface area (Å²) in [5, 5.41) is 12.0. The van der Waals surface area contributed by atoms with Gasteiger partial charge in [0.15, 0.2) is 0 Å². The summed E-state index contributed by atoms with van der Waals surface area (Å²) in [6.07, 6.45) is 0.951. The molecule has 1 aromatic rings. The largest absolute Gasteiger partial charge is 0.480 e. The number of hydrogen-bond donors (Lipinski definition) is 2. The Labute approximate surface area is 117 Å². The predicted octanol–water partition coefficient (Wildman–Crippen LogP) is 1.76.